The number of ether oxygens (including phenoxy) is 2. The molecule has 2 aromatic rings. The van der Waals surface area contributed by atoms with Gasteiger partial charge in [0, 0.05) is 12.8 Å². The maximum absolute atomic E-state index is 12.0. The zero-order valence-electron chi connectivity index (χ0n) is 13.5. The molecule has 0 spiro atoms. The summed E-state index contributed by atoms with van der Waals surface area (Å²) in [6, 6.07) is 14.2. The zero-order chi connectivity index (χ0) is 18.0. The predicted molar refractivity (Wildman–Crippen MR) is 96.0 cm³/mol. The largest absolute Gasteiger partial charge is 0.462 e. The summed E-state index contributed by atoms with van der Waals surface area (Å²) in [4.78, 5) is 22.9. The molecule has 0 aromatic heterocycles. The molecule has 130 valence electrons. The summed E-state index contributed by atoms with van der Waals surface area (Å²) >= 11 is 11.8. The van der Waals surface area contributed by atoms with Crippen LogP contribution in [-0.2, 0) is 9.53 Å². The molecular formula is C19H16Cl2O4. The van der Waals surface area contributed by atoms with Gasteiger partial charge in [-0.1, -0.05) is 24.3 Å². The van der Waals surface area contributed by atoms with Crippen molar-refractivity contribution < 1.29 is 19.1 Å². The maximum atomic E-state index is 12.0. The fourth-order valence-electron chi connectivity index (χ4n) is 2.39. The molecule has 1 fully saturated rings. The number of rotatable bonds is 5. The van der Waals surface area contributed by atoms with Crippen molar-refractivity contribution in [3.8, 4) is 16.9 Å². The molecule has 0 N–H and O–H groups in total. The highest BCUT2D eigenvalue weighted by Gasteiger charge is 2.52. The van der Waals surface area contributed by atoms with Crippen molar-refractivity contribution >= 4 is 35.1 Å². The second kappa shape index (κ2) is 7.06. The van der Waals surface area contributed by atoms with Crippen LogP contribution in [0.15, 0.2) is 48.5 Å². The van der Waals surface area contributed by atoms with Crippen LogP contribution in [0.1, 0.15) is 23.7 Å². The Labute approximate surface area is 155 Å². The lowest BCUT2D eigenvalue weighted by molar-refractivity contribution is -0.131. The van der Waals surface area contributed by atoms with Gasteiger partial charge in [-0.15, -0.1) is 23.2 Å². The number of benzene rings is 2. The molecule has 0 unspecified atom stereocenters. The highest BCUT2D eigenvalue weighted by atomic mass is 35.5. The Bertz CT molecular complexity index is 782. The minimum atomic E-state index is -0.748. The van der Waals surface area contributed by atoms with Gasteiger partial charge in [0.2, 0.25) is 0 Å². The number of carbonyl (C=O) groups excluding carboxylic acids is 2. The molecule has 1 saturated carbocycles. The highest BCUT2D eigenvalue weighted by molar-refractivity contribution is 6.50. The Morgan fingerprint density at radius 2 is 1.56 bits per heavy atom. The van der Waals surface area contributed by atoms with E-state index in [4.69, 9.17) is 32.7 Å². The topological polar surface area (TPSA) is 52.6 Å². The minimum absolute atomic E-state index is 0.00907. The fraction of sp³-hybridized carbons (Fsp3) is 0.263. The molecule has 2 aromatic carbocycles. The van der Waals surface area contributed by atoms with E-state index in [-0.39, 0.29) is 18.5 Å². The van der Waals surface area contributed by atoms with Crippen LogP contribution in [0.3, 0.4) is 0 Å². The molecule has 0 aliphatic heterocycles. The average molecular weight is 379 g/mol. The first-order valence-corrected chi connectivity index (χ1v) is 8.54. The van der Waals surface area contributed by atoms with Crippen molar-refractivity contribution in [2.75, 3.05) is 6.61 Å². The van der Waals surface area contributed by atoms with Crippen LogP contribution in [0.25, 0.3) is 11.1 Å². The third-order valence-corrected chi connectivity index (χ3v) is 4.87. The van der Waals surface area contributed by atoms with Crippen molar-refractivity contribution in [2.24, 2.45) is 5.92 Å². The van der Waals surface area contributed by atoms with Crippen molar-refractivity contribution in [3.63, 3.8) is 0 Å². The first kappa shape index (κ1) is 17.8. The average Bonchev–Trinajstić information content (AvgIpc) is 3.20. The molecule has 1 aliphatic carbocycles. The number of carbonyl (C=O) groups is 2. The molecule has 0 amide bonds. The molecule has 0 saturated heterocycles. The number of halogens is 2. The van der Waals surface area contributed by atoms with Crippen LogP contribution < -0.4 is 4.74 Å². The van der Waals surface area contributed by atoms with Gasteiger partial charge in [0.15, 0.2) is 0 Å². The zero-order valence-corrected chi connectivity index (χ0v) is 15.0. The Hall–Kier alpha value is -2.04. The van der Waals surface area contributed by atoms with Gasteiger partial charge in [0.05, 0.1) is 12.2 Å². The highest BCUT2D eigenvalue weighted by Crippen LogP contribution is 2.53. The summed E-state index contributed by atoms with van der Waals surface area (Å²) in [6.45, 7) is 1.58. The predicted octanol–water partition coefficient (Wildman–Crippen LogP) is 4.63. The molecule has 1 aliphatic rings. The van der Waals surface area contributed by atoms with E-state index in [2.05, 4.69) is 0 Å². The fourth-order valence-corrected chi connectivity index (χ4v) is 2.89. The van der Waals surface area contributed by atoms with Crippen molar-refractivity contribution in [3.05, 3.63) is 54.1 Å². The van der Waals surface area contributed by atoms with Gasteiger partial charge in [0.1, 0.15) is 10.1 Å². The monoisotopic (exact) mass is 378 g/mol. The third kappa shape index (κ3) is 4.53. The molecule has 6 heteroatoms. The van der Waals surface area contributed by atoms with Crippen LogP contribution in [-0.4, -0.2) is 22.9 Å². The van der Waals surface area contributed by atoms with E-state index < -0.39 is 10.3 Å². The Balaban J connectivity index is 1.61. The van der Waals surface area contributed by atoms with Gasteiger partial charge in [0.25, 0.3) is 0 Å². The summed E-state index contributed by atoms with van der Waals surface area (Å²) in [7, 11) is 0. The quantitative estimate of drug-likeness (QED) is 0.432. The second-order valence-corrected chi connectivity index (χ2v) is 7.50. The lowest BCUT2D eigenvalue weighted by Crippen LogP contribution is -2.09. The van der Waals surface area contributed by atoms with Gasteiger partial charge < -0.3 is 9.47 Å². The number of esters is 2. The number of hydrogen-bond donors (Lipinski definition) is 0. The molecule has 0 bridgehead atoms. The summed E-state index contributed by atoms with van der Waals surface area (Å²) in [6.07, 6.45) is 0.645. The first-order valence-electron chi connectivity index (χ1n) is 7.79. The normalized spacial score (nSPS) is 17.6. The standard InChI is InChI=1S/C19H16Cl2O4/c1-12(22)25-17-8-6-14(7-9-17)13-2-4-15(5-3-13)18(23)24-11-16-10-19(16,20)21/h2-9,16H,10-11H2,1H3/t16-/m0/s1. The van der Waals surface area contributed by atoms with E-state index in [0.29, 0.717) is 17.7 Å². The Morgan fingerprint density at radius 3 is 2.04 bits per heavy atom. The second-order valence-electron chi connectivity index (χ2n) is 5.96. The van der Waals surface area contributed by atoms with Crippen LogP contribution in [0, 0.1) is 5.92 Å². The lowest BCUT2D eigenvalue weighted by atomic mass is 10.0. The lowest BCUT2D eigenvalue weighted by Gasteiger charge is -2.07. The first-order chi connectivity index (χ1) is 11.8. The summed E-state index contributed by atoms with van der Waals surface area (Å²) in [5, 5.41) is 0. The van der Waals surface area contributed by atoms with E-state index in [1.54, 1.807) is 24.3 Å². The number of alkyl halides is 2. The molecular weight excluding hydrogens is 363 g/mol. The smallest absolute Gasteiger partial charge is 0.338 e. The molecule has 25 heavy (non-hydrogen) atoms. The molecule has 1 atom stereocenters. The van der Waals surface area contributed by atoms with Crippen LogP contribution >= 0.6 is 23.2 Å². The SMILES string of the molecule is CC(=O)Oc1ccc(-c2ccc(C(=O)OC[C@@H]3CC3(Cl)Cl)cc2)cc1. The van der Waals surface area contributed by atoms with E-state index in [1.807, 2.05) is 24.3 Å². The van der Waals surface area contributed by atoms with Gasteiger partial charge in [-0.05, 0) is 41.8 Å². The minimum Gasteiger partial charge on any atom is -0.462 e. The van der Waals surface area contributed by atoms with Crippen LogP contribution in [0.4, 0.5) is 0 Å². The van der Waals surface area contributed by atoms with Gasteiger partial charge in [-0.2, -0.15) is 0 Å². The number of hydrogen-bond acceptors (Lipinski definition) is 4. The Kier molecular flexibility index (Phi) is 5.02. The van der Waals surface area contributed by atoms with Crippen molar-refractivity contribution in [1.29, 1.82) is 0 Å². The van der Waals surface area contributed by atoms with E-state index in [1.165, 1.54) is 6.92 Å². The van der Waals surface area contributed by atoms with Gasteiger partial charge >= 0.3 is 11.9 Å². The molecule has 0 heterocycles. The molecule has 0 radical (unpaired) electrons. The summed E-state index contributed by atoms with van der Waals surface area (Å²) in [5.74, 6) is -0.254. The third-order valence-electron chi connectivity index (χ3n) is 3.94. The van der Waals surface area contributed by atoms with Gasteiger partial charge in [-0.3, -0.25) is 4.79 Å². The van der Waals surface area contributed by atoms with E-state index in [0.717, 1.165) is 11.1 Å². The van der Waals surface area contributed by atoms with Crippen LogP contribution in [0.2, 0.25) is 0 Å². The summed E-state index contributed by atoms with van der Waals surface area (Å²) in [5.41, 5.74) is 2.35. The van der Waals surface area contributed by atoms with E-state index in [9.17, 15) is 9.59 Å². The van der Waals surface area contributed by atoms with E-state index >= 15 is 0 Å². The molecule has 3 rings (SSSR count). The Morgan fingerprint density at radius 1 is 1.04 bits per heavy atom. The van der Waals surface area contributed by atoms with Gasteiger partial charge in [-0.25, -0.2) is 4.79 Å². The summed E-state index contributed by atoms with van der Waals surface area (Å²) < 4.78 is 9.48. The van der Waals surface area contributed by atoms with Crippen LogP contribution in [0.5, 0.6) is 5.75 Å². The van der Waals surface area contributed by atoms with Crippen molar-refractivity contribution in [2.45, 2.75) is 17.7 Å². The molecule has 4 nitrogen and oxygen atoms in total. The van der Waals surface area contributed by atoms with Crippen molar-refractivity contribution in [1.82, 2.24) is 0 Å². The maximum Gasteiger partial charge on any atom is 0.338 e.